The zero-order valence-electron chi connectivity index (χ0n) is 65.9. The Labute approximate surface area is 381 Å². The highest BCUT2D eigenvalue weighted by Gasteiger charge is 2.17. The topological polar surface area (TPSA) is 8.17 Å². The molecule has 1 aromatic heterocycles. The predicted octanol–water partition coefficient (Wildman–Crippen LogP) is 14.9. The van der Waals surface area contributed by atoms with Gasteiger partial charge in [-0.05, 0) is 111 Å². The van der Waals surface area contributed by atoms with Crippen molar-refractivity contribution in [2.75, 3.05) is 4.90 Å². The van der Waals surface area contributed by atoms with E-state index in [1.54, 1.807) is 0 Å². The fraction of sp³-hybridized carbons (Fsp3) is 0. The van der Waals surface area contributed by atoms with Crippen molar-refractivity contribution in [2.24, 2.45) is 0 Å². The van der Waals surface area contributed by atoms with Crippen LogP contribution in [0, 0.1) is 0 Å². The Morgan fingerprint density at radius 1 is 0.321 bits per heavy atom. The normalized spacial score (nSPS) is 20.7. The first-order chi connectivity index (χ1) is 43.6. The molecule has 0 spiro atoms. The molecule has 0 radical (unpaired) electrons. The van der Waals surface area contributed by atoms with E-state index >= 15 is 0 Å². The highest BCUT2D eigenvalue weighted by molar-refractivity contribution is 6.15. The number of para-hydroxylation sites is 2. The van der Waals surface area contributed by atoms with Crippen molar-refractivity contribution < 1.29 is 52.1 Å². The highest BCUT2D eigenvalue weighted by atomic mass is 15.1. The molecule has 0 unspecified atom stereocenters. The van der Waals surface area contributed by atoms with Crippen LogP contribution in [0.15, 0.2) is 230 Å². The van der Waals surface area contributed by atoms with Gasteiger partial charge in [0.15, 0.2) is 0 Å². The molecule has 0 aliphatic rings. The Hall–Kier alpha value is -7.42. The average molecular weight is 753 g/mol. The van der Waals surface area contributed by atoms with Gasteiger partial charge in [-0.3, -0.25) is 0 Å². The Morgan fingerprint density at radius 3 is 1.30 bits per heavy atom. The van der Waals surface area contributed by atoms with Crippen LogP contribution in [0.25, 0.3) is 72.0 Å². The van der Waals surface area contributed by atoms with Crippen LogP contribution >= 0.6 is 0 Å². The van der Waals surface area contributed by atoms with Crippen molar-refractivity contribution in [3.8, 4) is 50.2 Å². The van der Waals surface area contributed by atoms with Crippen LogP contribution in [-0.4, -0.2) is 4.57 Å². The Bertz CT molecular complexity index is 4880. The molecular weight excluding hydrogens is 677 g/mol. The van der Waals surface area contributed by atoms with Gasteiger partial charge in [-0.2, -0.15) is 0 Å². The van der Waals surface area contributed by atoms with Crippen LogP contribution in [0.2, 0.25) is 0 Å². The highest BCUT2D eigenvalue weighted by Crippen LogP contribution is 2.41. The van der Waals surface area contributed by atoms with Crippen LogP contribution in [0.4, 0.5) is 17.1 Å². The first-order valence-electron chi connectivity index (χ1n) is 35.1. The molecule has 0 aliphatic heterocycles. The summed E-state index contributed by atoms with van der Waals surface area (Å²) in [7, 11) is 0. The van der Waals surface area contributed by atoms with Crippen molar-refractivity contribution in [3.05, 3.63) is 230 Å². The van der Waals surface area contributed by atoms with Gasteiger partial charge >= 0.3 is 0 Å². The SMILES string of the molecule is [2H]c1c([2H])c([2H])c(-c2c([2H])c([2H])c(N(c3c([2H])c([2H])c(-c4c([2H])c([2H])c([2H])c([2H])c4[2H])c([2H])c3[2H])c3c([2H])c([2H])c(-c4c([2H])c([2H])c([2H])c(-c5c([2H])c([2H])c([2H])c6c5c5c([2H])c([2H])c([2H])c([2H])c5n6-c5c([2H])c([2H])c([2H])c([2H])c5[2H])c4[2H])c([2H])c3[2H])c([2H])c2[2H])c([2H])c1[2H]. The zero-order valence-corrected chi connectivity index (χ0v) is 27.9. The molecule has 0 N–H and O–H groups in total. The van der Waals surface area contributed by atoms with E-state index in [1.807, 2.05) is 0 Å². The number of aromatic nitrogens is 1. The lowest BCUT2D eigenvalue weighted by molar-refractivity contribution is 1.18. The van der Waals surface area contributed by atoms with Gasteiger partial charge in [0.05, 0.1) is 63.1 Å². The van der Waals surface area contributed by atoms with Gasteiger partial charge in [-0.15, -0.1) is 0 Å². The molecule has 0 atom stereocenters. The Kier molecular flexibility index (Phi) is 3.10. The molecule has 10 aromatic rings. The molecule has 2 heteroatoms. The maximum Gasteiger partial charge on any atom is 0.0645 e. The minimum absolute atomic E-state index is 0.204. The summed E-state index contributed by atoms with van der Waals surface area (Å²) in [6, 6.07) is -43.1. The van der Waals surface area contributed by atoms with E-state index in [4.69, 9.17) is 26.0 Å². The van der Waals surface area contributed by atoms with Crippen molar-refractivity contribution in [1.82, 2.24) is 4.57 Å². The average Bonchev–Trinajstić information content (AvgIpc) is 1.12. The number of hydrogen-bond donors (Lipinski definition) is 0. The molecule has 9 aromatic carbocycles. The fourth-order valence-corrected chi connectivity index (χ4v) is 5.65. The smallest absolute Gasteiger partial charge is 0.0645 e. The molecule has 0 amide bonds. The summed E-state index contributed by atoms with van der Waals surface area (Å²) in [6.07, 6.45) is 0. The van der Waals surface area contributed by atoms with Gasteiger partial charge in [0.1, 0.15) is 0 Å². The van der Waals surface area contributed by atoms with Crippen LogP contribution in [-0.2, 0) is 0 Å². The first kappa shape index (κ1) is 12.0. The quantitative estimate of drug-likeness (QED) is 0.150. The van der Waals surface area contributed by atoms with Gasteiger partial charge in [0.2, 0.25) is 0 Å². The third-order valence-corrected chi connectivity index (χ3v) is 8.06. The summed E-state index contributed by atoms with van der Waals surface area (Å²) in [5, 5.41) is -1.43. The van der Waals surface area contributed by atoms with E-state index in [0.717, 1.165) is 0 Å². The van der Waals surface area contributed by atoms with E-state index in [9.17, 15) is 26.0 Å². The third-order valence-electron chi connectivity index (χ3n) is 8.06. The number of fused-ring (bicyclic) bond motifs is 3. The van der Waals surface area contributed by atoms with Crippen LogP contribution in [0.1, 0.15) is 52.1 Å². The lowest BCUT2D eigenvalue weighted by atomic mass is 9.95. The molecule has 0 fully saturated rings. The maximum atomic E-state index is 9.86. The largest absolute Gasteiger partial charge is 0.311 e. The van der Waals surface area contributed by atoms with Crippen molar-refractivity contribution in [1.29, 1.82) is 0 Å². The van der Waals surface area contributed by atoms with E-state index in [2.05, 4.69) is 0 Å². The standard InChI is InChI=1S/C54H38N2/c1-4-14-39(15-5-1)41-26-32-47(33-27-41)55(48-34-28-42(29-35-48)40-16-6-2-7-17-40)49-36-30-43(31-37-49)44-18-12-19-45(38-44)50-23-13-25-53-54(50)51-22-10-11-24-52(51)56(53)46-20-8-3-9-21-46/h1-38H/i1D,2D,3D,4D,5D,6D,7D,8D,9D,10D,11D,12D,13D,14D,15D,16D,17D,18D,19D,20D,21D,22D,23D,24D,25D,26D,27D,28D,29D,30D,31D,32D,33D,34D,35D,36D,37D,38D. The Morgan fingerprint density at radius 2 is 0.732 bits per heavy atom. The molecule has 0 saturated carbocycles. The number of nitrogens with zero attached hydrogens (tertiary/aromatic N) is 2. The first-order valence-corrected chi connectivity index (χ1v) is 16.1. The molecule has 0 saturated heterocycles. The second-order valence-electron chi connectivity index (χ2n) is 11.3. The maximum absolute atomic E-state index is 9.86. The summed E-state index contributed by atoms with van der Waals surface area (Å²) in [4.78, 5) is 0.204. The lowest BCUT2D eigenvalue weighted by Crippen LogP contribution is -2.09. The van der Waals surface area contributed by atoms with E-state index < -0.39 is 319 Å². The van der Waals surface area contributed by atoms with Gasteiger partial charge in [-0.25, -0.2) is 0 Å². The third kappa shape index (κ3) is 6.14. The number of hydrogen-bond acceptors (Lipinski definition) is 1. The summed E-state index contributed by atoms with van der Waals surface area (Å²) in [5.41, 5.74) is -14.1. The molecule has 0 bridgehead atoms. The van der Waals surface area contributed by atoms with Gasteiger partial charge < -0.3 is 9.47 Å². The van der Waals surface area contributed by atoms with Crippen molar-refractivity contribution >= 4 is 38.9 Å². The molecule has 10 rings (SSSR count). The fourth-order valence-electron chi connectivity index (χ4n) is 5.65. The minimum Gasteiger partial charge on any atom is -0.311 e. The van der Waals surface area contributed by atoms with Crippen LogP contribution in [0.3, 0.4) is 0 Å². The van der Waals surface area contributed by atoms with Crippen LogP contribution in [0.5, 0.6) is 0 Å². The molecule has 56 heavy (non-hydrogen) atoms. The predicted molar refractivity (Wildman–Crippen MR) is 237 cm³/mol. The number of rotatable bonds is 8. The van der Waals surface area contributed by atoms with Gasteiger partial charge in [0, 0.05) is 33.5 Å². The summed E-state index contributed by atoms with van der Waals surface area (Å²) >= 11 is 0. The van der Waals surface area contributed by atoms with Crippen LogP contribution < -0.4 is 4.90 Å². The lowest BCUT2D eigenvalue weighted by Gasteiger charge is -2.26. The zero-order chi connectivity index (χ0) is 70.3. The summed E-state index contributed by atoms with van der Waals surface area (Å²) in [6.45, 7) is 0. The van der Waals surface area contributed by atoms with Crippen molar-refractivity contribution in [3.63, 3.8) is 0 Å². The van der Waals surface area contributed by atoms with Crippen molar-refractivity contribution in [2.45, 2.75) is 0 Å². The van der Waals surface area contributed by atoms with E-state index in [0.29, 0.717) is 4.57 Å². The van der Waals surface area contributed by atoms with E-state index in [-0.39, 0.29) is 4.90 Å². The number of anilines is 3. The summed E-state index contributed by atoms with van der Waals surface area (Å²) < 4.78 is 342. The minimum atomic E-state index is -1.44. The number of benzene rings is 9. The van der Waals surface area contributed by atoms with Gasteiger partial charge in [0.25, 0.3) is 0 Å². The monoisotopic (exact) mass is 753 g/mol. The van der Waals surface area contributed by atoms with E-state index in [1.165, 1.54) is 0 Å². The second-order valence-corrected chi connectivity index (χ2v) is 11.3. The molecule has 1 heterocycles. The second kappa shape index (κ2) is 14.4. The Balaban J connectivity index is 1.36. The van der Waals surface area contributed by atoms with Gasteiger partial charge in [-0.1, -0.05) is 163 Å². The molecular formula is C54H38N2. The summed E-state index contributed by atoms with van der Waals surface area (Å²) in [5.74, 6) is 0. The molecule has 0 aliphatic carbocycles. The molecule has 264 valence electrons. The molecule has 2 nitrogen and oxygen atoms in total.